The minimum Gasteiger partial charge on any atom is -0.385 e. The fourth-order valence-corrected chi connectivity index (χ4v) is 1.75. The molecule has 2 rings (SSSR count). The van der Waals surface area contributed by atoms with Crippen LogP contribution in [0.1, 0.15) is 17.3 Å². The molecule has 2 N–H and O–H groups in total. The van der Waals surface area contributed by atoms with Gasteiger partial charge >= 0.3 is 0 Å². The third-order valence-corrected chi connectivity index (χ3v) is 2.57. The molecule has 18 heavy (non-hydrogen) atoms. The summed E-state index contributed by atoms with van der Waals surface area (Å²) in [6, 6.07) is 16.9. The van der Waals surface area contributed by atoms with Gasteiger partial charge in [0.05, 0.1) is 5.56 Å². The van der Waals surface area contributed by atoms with Gasteiger partial charge in [-0.25, -0.2) is 0 Å². The van der Waals surface area contributed by atoms with Gasteiger partial charge in [0.25, 0.3) is 5.91 Å². The van der Waals surface area contributed by atoms with Crippen LogP contribution >= 0.6 is 0 Å². The van der Waals surface area contributed by atoms with E-state index in [2.05, 4.69) is 10.6 Å². The lowest BCUT2D eigenvalue weighted by molar-refractivity contribution is 0.102. The van der Waals surface area contributed by atoms with Gasteiger partial charge in [-0.3, -0.25) is 4.79 Å². The lowest BCUT2D eigenvalue weighted by atomic mass is 10.1. The maximum atomic E-state index is 12.2. The van der Waals surface area contributed by atoms with E-state index in [0.717, 1.165) is 17.9 Å². The van der Waals surface area contributed by atoms with Crippen LogP contribution in [-0.4, -0.2) is 12.5 Å². The van der Waals surface area contributed by atoms with Gasteiger partial charge in [0.2, 0.25) is 0 Å². The van der Waals surface area contributed by atoms with Crippen molar-refractivity contribution in [1.29, 1.82) is 0 Å². The van der Waals surface area contributed by atoms with Crippen LogP contribution in [0.2, 0.25) is 0 Å². The molecule has 0 bridgehead atoms. The summed E-state index contributed by atoms with van der Waals surface area (Å²) in [6.07, 6.45) is 0. The van der Waals surface area contributed by atoms with Crippen molar-refractivity contribution >= 4 is 17.3 Å². The summed E-state index contributed by atoms with van der Waals surface area (Å²) in [5.74, 6) is -0.0993. The monoisotopic (exact) mass is 240 g/mol. The van der Waals surface area contributed by atoms with Gasteiger partial charge in [-0.05, 0) is 31.2 Å². The van der Waals surface area contributed by atoms with Gasteiger partial charge in [-0.1, -0.05) is 30.3 Å². The summed E-state index contributed by atoms with van der Waals surface area (Å²) in [7, 11) is 0. The van der Waals surface area contributed by atoms with Crippen LogP contribution in [0, 0.1) is 0 Å². The second kappa shape index (κ2) is 5.87. The topological polar surface area (TPSA) is 41.1 Å². The number of rotatable bonds is 4. The number of amides is 1. The minimum atomic E-state index is -0.0993. The van der Waals surface area contributed by atoms with Crippen LogP contribution in [0.4, 0.5) is 11.4 Å². The van der Waals surface area contributed by atoms with Gasteiger partial charge in [-0.2, -0.15) is 0 Å². The summed E-state index contributed by atoms with van der Waals surface area (Å²) < 4.78 is 0. The number of hydrogen-bond acceptors (Lipinski definition) is 2. The standard InChI is InChI=1S/C15H16N2O/c1-2-16-14-11-7-6-10-13(14)15(18)17-12-8-4-3-5-9-12/h3-11,16H,2H2,1H3,(H,17,18). The van der Waals surface area contributed by atoms with Crippen molar-refractivity contribution in [3.05, 3.63) is 60.2 Å². The fraction of sp³-hybridized carbons (Fsp3) is 0.133. The van der Waals surface area contributed by atoms with E-state index in [-0.39, 0.29) is 5.91 Å². The van der Waals surface area contributed by atoms with Crippen molar-refractivity contribution in [2.24, 2.45) is 0 Å². The maximum Gasteiger partial charge on any atom is 0.257 e. The van der Waals surface area contributed by atoms with Gasteiger partial charge in [0.15, 0.2) is 0 Å². The molecule has 0 aliphatic rings. The molecule has 0 spiro atoms. The highest BCUT2D eigenvalue weighted by molar-refractivity contribution is 6.08. The Morgan fingerprint density at radius 1 is 1.00 bits per heavy atom. The molecule has 0 saturated heterocycles. The number of anilines is 2. The molecule has 3 nitrogen and oxygen atoms in total. The minimum absolute atomic E-state index is 0.0993. The van der Waals surface area contributed by atoms with Gasteiger partial charge in [-0.15, -0.1) is 0 Å². The van der Waals surface area contributed by atoms with E-state index < -0.39 is 0 Å². The van der Waals surface area contributed by atoms with Gasteiger partial charge in [0.1, 0.15) is 0 Å². The van der Waals surface area contributed by atoms with E-state index in [9.17, 15) is 4.79 Å². The predicted molar refractivity (Wildman–Crippen MR) is 75.0 cm³/mol. The van der Waals surface area contributed by atoms with E-state index in [4.69, 9.17) is 0 Å². The second-order valence-corrected chi connectivity index (χ2v) is 3.90. The van der Waals surface area contributed by atoms with Crippen molar-refractivity contribution in [2.75, 3.05) is 17.2 Å². The van der Waals surface area contributed by atoms with E-state index >= 15 is 0 Å². The fourth-order valence-electron chi connectivity index (χ4n) is 1.75. The first-order valence-electron chi connectivity index (χ1n) is 6.00. The lowest BCUT2D eigenvalue weighted by Crippen LogP contribution is -2.14. The second-order valence-electron chi connectivity index (χ2n) is 3.90. The molecule has 92 valence electrons. The average Bonchev–Trinajstić information content (AvgIpc) is 2.41. The van der Waals surface area contributed by atoms with E-state index in [0.29, 0.717) is 5.56 Å². The zero-order valence-electron chi connectivity index (χ0n) is 10.3. The first-order chi connectivity index (χ1) is 8.81. The smallest absolute Gasteiger partial charge is 0.257 e. The Balaban J connectivity index is 2.19. The number of nitrogens with one attached hydrogen (secondary N) is 2. The Morgan fingerprint density at radius 3 is 2.39 bits per heavy atom. The van der Waals surface area contributed by atoms with Crippen molar-refractivity contribution in [3.8, 4) is 0 Å². The molecule has 2 aromatic rings. The van der Waals surface area contributed by atoms with E-state index in [1.165, 1.54) is 0 Å². The molecule has 3 heteroatoms. The molecule has 0 heterocycles. The SMILES string of the molecule is CCNc1ccccc1C(=O)Nc1ccccc1. The Labute approximate surface area is 107 Å². The number of benzene rings is 2. The van der Waals surface area contributed by atoms with Crippen LogP contribution in [0.25, 0.3) is 0 Å². The number of para-hydroxylation sites is 2. The molecule has 0 fully saturated rings. The summed E-state index contributed by atoms with van der Waals surface area (Å²) >= 11 is 0. The molecule has 0 unspecified atom stereocenters. The van der Waals surface area contributed by atoms with Crippen LogP contribution < -0.4 is 10.6 Å². The molecule has 0 radical (unpaired) electrons. The first kappa shape index (κ1) is 12.2. The zero-order chi connectivity index (χ0) is 12.8. The third-order valence-electron chi connectivity index (χ3n) is 2.57. The van der Waals surface area contributed by atoms with Crippen LogP contribution in [0.5, 0.6) is 0 Å². The van der Waals surface area contributed by atoms with Crippen LogP contribution in [0.15, 0.2) is 54.6 Å². The molecule has 0 saturated carbocycles. The summed E-state index contributed by atoms with van der Waals surface area (Å²) in [6.45, 7) is 2.79. The largest absolute Gasteiger partial charge is 0.385 e. The summed E-state index contributed by atoms with van der Waals surface area (Å²) in [5, 5.41) is 6.06. The normalized spacial score (nSPS) is 9.83. The highest BCUT2D eigenvalue weighted by Crippen LogP contribution is 2.16. The molecule has 0 aliphatic carbocycles. The van der Waals surface area contributed by atoms with Gasteiger partial charge < -0.3 is 10.6 Å². The van der Waals surface area contributed by atoms with Crippen molar-refractivity contribution in [3.63, 3.8) is 0 Å². The zero-order valence-corrected chi connectivity index (χ0v) is 10.3. The van der Waals surface area contributed by atoms with Crippen LogP contribution in [-0.2, 0) is 0 Å². The van der Waals surface area contributed by atoms with Crippen molar-refractivity contribution < 1.29 is 4.79 Å². The number of carbonyl (C=O) groups is 1. The molecule has 0 atom stereocenters. The highest BCUT2D eigenvalue weighted by Gasteiger charge is 2.10. The number of hydrogen-bond donors (Lipinski definition) is 2. The van der Waals surface area contributed by atoms with Crippen molar-refractivity contribution in [1.82, 2.24) is 0 Å². The Kier molecular flexibility index (Phi) is 3.97. The maximum absolute atomic E-state index is 12.2. The molecule has 1 amide bonds. The lowest BCUT2D eigenvalue weighted by Gasteiger charge is -2.10. The summed E-state index contributed by atoms with van der Waals surface area (Å²) in [4.78, 5) is 12.2. The number of carbonyl (C=O) groups excluding carboxylic acids is 1. The Bertz CT molecular complexity index is 523. The first-order valence-corrected chi connectivity index (χ1v) is 6.00. The molecular weight excluding hydrogens is 224 g/mol. The quantitative estimate of drug-likeness (QED) is 0.860. The molecular formula is C15H16N2O. The van der Waals surface area contributed by atoms with Gasteiger partial charge in [0, 0.05) is 17.9 Å². The van der Waals surface area contributed by atoms with Crippen molar-refractivity contribution in [2.45, 2.75) is 6.92 Å². The molecule has 0 aromatic heterocycles. The Morgan fingerprint density at radius 2 is 1.67 bits per heavy atom. The molecule has 0 aliphatic heterocycles. The average molecular weight is 240 g/mol. The van der Waals surface area contributed by atoms with E-state index in [1.807, 2.05) is 61.5 Å². The highest BCUT2D eigenvalue weighted by atomic mass is 16.1. The summed E-state index contributed by atoms with van der Waals surface area (Å²) in [5.41, 5.74) is 2.31. The van der Waals surface area contributed by atoms with E-state index in [1.54, 1.807) is 0 Å². The Hall–Kier alpha value is -2.29. The predicted octanol–water partition coefficient (Wildman–Crippen LogP) is 3.37. The van der Waals surface area contributed by atoms with Crippen LogP contribution in [0.3, 0.4) is 0 Å². The molecule has 2 aromatic carbocycles. The third kappa shape index (κ3) is 2.88.